The predicted octanol–water partition coefficient (Wildman–Crippen LogP) is 5.37. The molecule has 27 heavy (non-hydrogen) atoms. The number of halogens is 4. The first-order chi connectivity index (χ1) is 12.7. The zero-order chi connectivity index (χ0) is 19.6. The van der Waals surface area contributed by atoms with Gasteiger partial charge in [-0.1, -0.05) is 28.1 Å². The van der Waals surface area contributed by atoms with Gasteiger partial charge in [0.1, 0.15) is 12.4 Å². The Morgan fingerprint density at radius 1 is 1.11 bits per heavy atom. The second-order valence-corrected chi connectivity index (χ2v) is 7.45. The second-order valence-electron chi connectivity index (χ2n) is 5.52. The summed E-state index contributed by atoms with van der Waals surface area (Å²) >= 11 is 4.12. The maximum Gasteiger partial charge on any atom is 0.416 e. The van der Waals surface area contributed by atoms with E-state index in [0.717, 1.165) is 28.4 Å². The maximum atomic E-state index is 12.6. The molecule has 0 atom stereocenters. The number of thioether (sulfide) groups is 1. The van der Waals surface area contributed by atoms with E-state index in [9.17, 15) is 22.8 Å². The summed E-state index contributed by atoms with van der Waals surface area (Å²) in [5.74, 6) is -0.0583. The third-order valence-electron chi connectivity index (χ3n) is 3.58. The van der Waals surface area contributed by atoms with Crippen molar-refractivity contribution >= 4 is 44.9 Å². The van der Waals surface area contributed by atoms with Crippen molar-refractivity contribution in [1.82, 2.24) is 5.32 Å². The quantitative estimate of drug-likeness (QED) is 0.626. The monoisotopic (exact) mass is 457 g/mol. The van der Waals surface area contributed by atoms with E-state index in [4.69, 9.17) is 4.74 Å². The van der Waals surface area contributed by atoms with Crippen molar-refractivity contribution in [2.45, 2.75) is 12.8 Å². The molecule has 2 aromatic rings. The number of carbonyl (C=O) groups is 2. The average Bonchev–Trinajstić information content (AvgIpc) is 2.91. The zero-order valence-corrected chi connectivity index (χ0v) is 15.9. The predicted molar refractivity (Wildman–Crippen MR) is 99.0 cm³/mol. The van der Waals surface area contributed by atoms with Gasteiger partial charge >= 0.3 is 6.18 Å². The molecule has 0 bridgehead atoms. The first-order valence-electron chi connectivity index (χ1n) is 7.56. The topological polar surface area (TPSA) is 55.4 Å². The van der Waals surface area contributed by atoms with Crippen LogP contribution in [0.2, 0.25) is 0 Å². The highest BCUT2D eigenvalue weighted by Crippen LogP contribution is 2.32. The van der Waals surface area contributed by atoms with Gasteiger partial charge < -0.3 is 4.74 Å². The van der Waals surface area contributed by atoms with E-state index in [1.807, 2.05) is 0 Å². The van der Waals surface area contributed by atoms with Crippen molar-refractivity contribution in [2.75, 3.05) is 0 Å². The molecule has 9 heteroatoms. The number of amides is 2. The SMILES string of the molecule is O=C1NC(=O)/C(=C/c2cc(Br)ccc2OCc2ccc(C(F)(F)F)cc2)S1. The van der Waals surface area contributed by atoms with E-state index >= 15 is 0 Å². The Bertz CT molecular complexity index is 926. The van der Waals surface area contributed by atoms with Gasteiger partial charge in [0, 0.05) is 10.0 Å². The molecule has 0 aromatic heterocycles. The molecule has 3 rings (SSSR count). The van der Waals surface area contributed by atoms with Gasteiger partial charge in [-0.25, -0.2) is 0 Å². The number of hydrogen-bond donors (Lipinski definition) is 1. The van der Waals surface area contributed by atoms with Crippen LogP contribution in [0.3, 0.4) is 0 Å². The molecular weight excluding hydrogens is 447 g/mol. The standard InChI is InChI=1S/C18H11BrF3NO3S/c19-13-5-6-14(11(7-13)8-15-16(24)23-17(25)27-15)26-9-10-1-3-12(4-2-10)18(20,21)22/h1-8H,9H2,(H,23,24,25)/b15-8-. The highest BCUT2D eigenvalue weighted by Gasteiger charge is 2.30. The minimum atomic E-state index is -4.39. The van der Waals surface area contributed by atoms with Gasteiger partial charge in [0.15, 0.2) is 0 Å². The molecule has 0 spiro atoms. The van der Waals surface area contributed by atoms with Crippen LogP contribution in [0.25, 0.3) is 6.08 Å². The number of imide groups is 1. The summed E-state index contributed by atoms with van der Waals surface area (Å²) in [5, 5.41) is 1.72. The number of benzene rings is 2. The van der Waals surface area contributed by atoms with E-state index in [0.29, 0.717) is 16.9 Å². The van der Waals surface area contributed by atoms with Gasteiger partial charge in [0.2, 0.25) is 0 Å². The Balaban J connectivity index is 1.78. The van der Waals surface area contributed by atoms with Gasteiger partial charge in [-0.2, -0.15) is 13.2 Å². The fourth-order valence-corrected chi connectivity index (χ4v) is 3.33. The van der Waals surface area contributed by atoms with E-state index in [2.05, 4.69) is 21.2 Å². The lowest BCUT2D eigenvalue weighted by Gasteiger charge is -2.11. The number of ether oxygens (including phenoxy) is 1. The van der Waals surface area contributed by atoms with Crippen LogP contribution in [-0.4, -0.2) is 11.1 Å². The summed E-state index contributed by atoms with van der Waals surface area (Å²) in [4.78, 5) is 23.2. The third-order valence-corrected chi connectivity index (χ3v) is 4.88. The van der Waals surface area contributed by atoms with Crippen LogP contribution in [0.4, 0.5) is 18.0 Å². The smallest absolute Gasteiger partial charge is 0.416 e. The Morgan fingerprint density at radius 2 is 1.81 bits per heavy atom. The molecule has 2 amide bonds. The molecule has 0 saturated carbocycles. The molecule has 4 nitrogen and oxygen atoms in total. The van der Waals surface area contributed by atoms with Gasteiger partial charge in [-0.15, -0.1) is 0 Å². The molecular formula is C18H11BrF3NO3S. The van der Waals surface area contributed by atoms with Gasteiger partial charge in [0.05, 0.1) is 10.5 Å². The number of carbonyl (C=O) groups excluding carboxylic acids is 2. The second kappa shape index (κ2) is 7.77. The van der Waals surface area contributed by atoms with Crippen LogP contribution in [0.5, 0.6) is 5.75 Å². The van der Waals surface area contributed by atoms with E-state index in [-0.39, 0.29) is 11.5 Å². The van der Waals surface area contributed by atoms with E-state index < -0.39 is 22.9 Å². The molecule has 1 heterocycles. The van der Waals surface area contributed by atoms with Crippen LogP contribution in [0.15, 0.2) is 51.8 Å². The minimum absolute atomic E-state index is 0.0498. The summed E-state index contributed by atoms with van der Waals surface area (Å²) < 4.78 is 44.3. The largest absolute Gasteiger partial charge is 0.488 e. The van der Waals surface area contributed by atoms with Crippen molar-refractivity contribution in [3.8, 4) is 5.75 Å². The zero-order valence-electron chi connectivity index (χ0n) is 13.5. The molecule has 1 N–H and O–H groups in total. The molecule has 2 aromatic carbocycles. The van der Waals surface area contributed by atoms with Crippen LogP contribution >= 0.6 is 27.7 Å². The van der Waals surface area contributed by atoms with Crippen molar-refractivity contribution in [2.24, 2.45) is 0 Å². The van der Waals surface area contributed by atoms with Crippen molar-refractivity contribution in [3.63, 3.8) is 0 Å². The minimum Gasteiger partial charge on any atom is -0.488 e. The van der Waals surface area contributed by atoms with Crippen LogP contribution < -0.4 is 10.1 Å². The van der Waals surface area contributed by atoms with Gasteiger partial charge in [-0.3, -0.25) is 14.9 Å². The summed E-state index contributed by atoms with van der Waals surface area (Å²) in [6.45, 7) is 0.0498. The lowest BCUT2D eigenvalue weighted by atomic mass is 10.1. The Labute approximate surface area is 164 Å². The van der Waals surface area contributed by atoms with Gasteiger partial charge in [0.25, 0.3) is 11.1 Å². The summed E-state index contributed by atoms with van der Waals surface area (Å²) in [6, 6.07) is 9.79. The Kier molecular flexibility index (Phi) is 5.61. The molecule has 1 aliphatic heterocycles. The summed E-state index contributed by atoms with van der Waals surface area (Å²) in [5.41, 5.74) is 0.394. The van der Waals surface area contributed by atoms with E-state index in [1.165, 1.54) is 18.2 Å². The number of nitrogens with one attached hydrogen (secondary N) is 1. The van der Waals surface area contributed by atoms with Crippen LogP contribution in [0.1, 0.15) is 16.7 Å². The Morgan fingerprint density at radius 3 is 2.41 bits per heavy atom. The molecule has 0 radical (unpaired) electrons. The fourth-order valence-electron chi connectivity index (χ4n) is 2.28. The normalized spacial score (nSPS) is 15.9. The number of alkyl halides is 3. The first-order valence-corrected chi connectivity index (χ1v) is 9.17. The average molecular weight is 458 g/mol. The van der Waals surface area contributed by atoms with Crippen molar-refractivity contribution in [3.05, 3.63) is 68.5 Å². The number of hydrogen-bond acceptors (Lipinski definition) is 4. The molecule has 0 unspecified atom stereocenters. The third kappa shape index (κ3) is 4.92. The van der Waals surface area contributed by atoms with E-state index in [1.54, 1.807) is 18.2 Å². The van der Waals surface area contributed by atoms with Crippen LogP contribution in [0, 0.1) is 0 Å². The fraction of sp³-hybridized carbons (Fsp3) is 0.111. The van der Waals surface area contributed by atoms with Crippen molar-refractivity contribution < 1.29 is 27.5 Å². The summed E-state index contributed by atoms with van der Waals surface area (Å²) in [7, 11) is 0. The van der Waals surface area contributed by atoms with Gasteiger partial charge in [-0.05, 0) is 53.7 Å². The van der Waals surface area contributed by atoms with Crippen LogP contribution in [-0.2, 0) is 17.6 Å². The molecule has 1 aliphatic rings. The summed E-state index contributed by atoms with van der Waals surface area (Å²) in [6.07, 6.45) is -2.86. The maximum absolute atomic E-state index is 12.6. The molecule has 0 aliphatic carbocycles. The molecule has 1 fully saturated rings. The van der Waals surface area contributed by atoms with Crippen molar-refractivity contribution in [1.29, 1.82) is 0 Å². The molecule has 1 saturated heterocycles. The highest BCUT2D eigenvalue weighted by atomic mass is 79.9. The molecule has 140 valence electrons. The number of rotatable bonds is 4. The highest BCUT2D eigenvalue weighted by molar-refractivity contribution is 9.10. The lowest BCUT2D eigenvalue weighted by molar-refractivity contribution is -0.137. The first kappa shape index (κ1) is 19.5. The Hall–Kier alpha value is -2.26. The lowest BCUT2D eigenvalue weighted by Crippen LogP contribution is -2.17.